The van der Waals surface area contributed by atoms with Crippen LogP contribution in [0.15, 0.2) is 17.2 Å². The Bertz CT molecular complexity index is 612. The lowest BCUT2D eigenvalue weighted by molar-refractivity contribution is 0.0685. The van der Waals surface area contributed by atoms with Crippen molar-refractivity contribution in [3.63, 3.8) is 0 Å². The maximum absolute atomic E-state index is 12.0. The van der Waals surface area contributed by atoms with Crippen molar-refractivity contribution in [2.24, 2.45) is 0 Å². The van der Waals surface area contributed by atoms with Crippen molar-refractivity contribution in [1.82, 2.24) is 9.29 Å². The van der Waals surface area contributed by atoms with Gasteiger partial charge in [0, 0.05) is 18.8 Å². The fraction of sp³-hybridized carbons (Fsp3) is 0.455. The van der Waals surface area contributed by atoms with Crippen LogP contribution in [0.3, 0.4) is 0 Å². The minimum absolute atomic E-state index is 0.0412. The van der Waals surface area contributed by atoms with Gasteiger partial charge in [-0.05, 0) is 19.9 Å². The number of nitrogens with one attached hydrogen (secondary N) is 1. The van der Waals surface area contributed by atoms with Crippen molar-refractivity contribution in [3.8, 4) is 6.07 Å². The molecule has 0 spiro atoms. The molecule has 1 heterocycles. The van der Waals surface area contributed by atoms with Gasteiger partial charge in [-0.2, -0.15) is 5.26 Å². The average Bonchev–Trinajstić information content (AvgIpc) is 2.73. The standard InChI is InChI=1S/C11H15N3O4S/c1-3-14-7-9(6-10(14)11(15)16)19(17,18)13-8(2)4-5-12/h6-8,13H,3-4H2,1-2H3,(H,15,16). The van der Waals surface area contributed by atoms with E-state index in [4.69, 9.17) is 10.4 Å². The average molecular weight is 285 g/mol. The van der Waals surface area contributed by atoms with Crippen molar-refractivity contribution in [1.29, 1.82) is 5.26 Å². The first-order chi connectivity index (χ1) is 8.81. The van der Waals surface area contributed by atoms with Crippen LogP contribution in [-0.4, -0.2) is 30.1 Å². The van der Waals surface area contributed by atoms with E-state index in [0.29, 0.717) is 6.54 Å². The van der Waals surface area contributed by atoms with Crippen LogP contribution in [-0.2, 0) is 16.6 Å². The highest BCUT2D eigenvalue weighted by molar-refractivity contribution is 7.89. The third-order valence-corrected chi connectivity index (χ3v) is 4.05. The van der Waals surface area contributed by atoms with E-state index in [2.05, 4.69) is 4.72 Å². The molecule has 1 aromatic rings. The maximum atomic E-state index is 12.0. The normalized spacial score (nSPS) is 12.9. The number of nitriles is 1. The van der Waals surface area contributed by atoms with E-state index in [0.717, 1.165) is 6.07 Å². The van der Waals surface area contributed by atoms with Gasteiger partial charge in [0.25, 0.3) is 0 Å². The van der Waals surface area contributed by atoms with Crippen LogP contribution in [0, 0.1) is 11.3 Å². The van der Waals surface area contributed by atoms with Crippen LogP contribution in [0.5, 0.6) is 0 Å². The number of aromatic carboxylic acids is 1. The molecule has 0 aliphatic heterocycles. The number of hydrogen-bond donors (Lipinski definition) is 2. The summed E-state index contributed by atoms with van der Waals surface area (Å²) < 4.78 is 27.6. The Hall–Kier alpha value is -1.85. The van der Waals surface area contributed by atoms with Crippen molar-refractivity contribution in [2.45, 2.75) is 37.8 Å². The number of sulfonamides is 1. The monoisotopic (exact) mass is 285 g/mol. The number of aryl methyl sites for hydroxylation is 1. The van der Waals surface area contributed by atoms with Gasteiger partial charge in [0.15, 0.2) is 0 Å². The molecular weight excluding hydrogens is 270 g/mol. The molecule has 19 heavy (non-hydrogen) atoms. The van der Waals surface area contributed by atoms with E-state index in [-0.39, 0.29) is 17.0 Å². The molecule has 1 rings (SSSR count). The molecule has 8 heteroatoms. The van der Waals surface area contributed by atoms with Crippen molar-refractivity contribution in [2.75, 3.05) is 0 Å². The number of nitrogens with zero attached hydrogens (tertiary/aromatic N) is 2. The molecule has 0 saturated heterocycles. The molecular formula is C11H15N3O4S. The van der Waals surface area contributed by atoms with Crippen LogP contribution >= 0.6 is 0 Å². The summed E-state index contributed by atoms with van der Waals surface area (Å²) in [5.41, 5.74) is -0.0872. The number of rotatable bonds is 6. The molecule has 7 nitrogen and oxygen atoms in total. The van der Waals surface area contributed by atoms with E-state index in [1.807, 2.05) is 6.07 Å². The van der Waals surface area contributed by atoms with E-state index in [9.17, 15) is 13.2 Å². The fourth-order valence-electron chi connectivity index (χ4n) is 1.58. The zero-order chi connectivity index (χ0) is 14.6. The van der Waals surface area contributed by atoms with Crippen molar-refractivity contribution < 1.29 is 18.3 Å². The molecule has 1 atom stereocenters. The molecule has 0 aromatic carbocycles. The number of carboxylic acids is 1. The number of aromatic nitrogens is 1. The summed E-state index contributed by atoms with van der Waals surface area (Å²) in [6, 6.07) is 2.43. The van der Waals surface area contributed by atoms with Crippen LogP contribution in [0.1, 0.15) is 30.8 Å². The van der Waals surface area contributed by atoms with Gasteiger partial charge in [-0.15, -0.1) is 0 Å². The highest BCUT2D eigenvalue weighted by atomic mass is 32.2. The Morgan fingerprint density at radius 2 is 2.26 bits per heavy atom. The second-order valence-corrected chi connectivity index (χ2v) is 5.75. The van der Waals surface area contributed by atoms with Crippen molar-refractivity contribution >= 4 is 16.0 Å². The topological polar surface area (TPSA) is 112 Å². The van der Waals surface area contributed by atoms with Gasteiger partial charge in [-0.3, -0.25) is 0 Å². The lowest BCUT2D eigenvalue weighted by Gasteiger charge is -2.09. The summed E-state index contributed by atoms with van der Waals surface area (Å²) >= 11 is 0. The highest BCUT2D eigenvalue weighted by Crippen LogP contribution is 2.15. The zero-order valence-electron chi connectivity index (χ0n) is 10.6. The first kappa shape index (κ1) is 15.2. The maximum Gasteiger partial charge on any atom is 0.352 e. The number of hydrogen-bond acceptors (Lipinski definition) is 4. The minimum Gasteiger partial charge on any atom is -0.477 e. The minimum atomic E-state index is -3.81. The van der Waals surface area contributed by atoms with Gasteiger partial charge in [0.1, 0.15) is 10.6 Å². The Labute approximate surface area is 111 Å². The second-order valence-electron chi connectivity index (χ2n) is 4.04. The molecule has 0 fully saturated rings. The van der Waals surface area contributed by atoms with Crippen molar-refractivity contribution in [3.05, 3.63) is 18.0 Å². The van der Waals surface area contributed by atoms with Crippen LogP contribution < -0.4 is 4.72 Å². The summed E-state index contributed by atoms with van der Waals surface area (Å²) in [5, 5.41) is 17.5. The molecule has 0 saturated carbocycles. The smallest absolute Gasteiger partial charge is 0.352 e. The Balaban J connectivity index is 3.09. The fourth-order valence-corrected chi connectivity index (χ4v) is 2.86. The van der Waals surface area contributed by atoms with Gasteiger partial charge >= 0.3 is 5.97 Å². The molecule has 0 aliphatic rings. The van der Waals surface area contributed by atoms with E-state index < -0.39 is 22.0 Å². The van der Waals surface area contributed by atoms with Gasteiger partial charge in [0.05, 0.1) is 12.5 Å². The molecule has 1 unspecified atom stereocenters. The summed E-state index contributed by atoms with van der Waals surface area (Å²) in [4.78, 5) is 10.9. The third-order valence-electron chi connectivity index (χ3n) is 2.50. The molecule has 0 amide bonds. The summed E-state index contributed by atoms with van der Waals surface area (Å²) in [6.45, 7) is 3.63. The van der Waals surface area contributed by atoms with Crippen LogP contribution in [0.2, 0.25) is 0 Å². The van der Waals surface area contributed by atoms with E-state index in [1.165, 1.54) is 10.8 Å². The van der Waals surface area contributed by atoms with Crippen LogP contribution in [0.4, 0.5) is 0 Å². The number of carbonyl (C=O) groups is 1. The Morgan fingerprint density at radius 1 is 1.63 bits per heavy atom. The van der Waals surface area contributed by atoms with E-state index in [1.54, 1.807) is 13.8 Å². The van der Waals surface area contributed by atoms with Gasteiger partial charge in [-0.25, -0.2) is 17.9 Å². The summed E-state index contributed by atoms with van der Waals surface area (Å²) in [5.74, 6) is -1.19. The van der Waals surface area contributed by atoms with Gasteiger partial charge < -0.3 is 9.67 Å². The molecule has 1 aromatic heterocycles. The van der Waals surface area contributed by atoms with Gasteiger partial charge in [-0.1, -0.05) is 0 Å². The molecule has 0 aliphatic carbocycles. The first-order valence-corrected chi connectivity index (χ1v) is 7.13. The predicted molar refractivity (Wildman–Crippen MR) is 67.1 cm³/mol. The molecule has 104 valence electrons. The largest absolute Gasteiger partial charge is 0.477 e. The molecule has 0 radical (unpaired) electrons. The van der Waals surface area contributed by atoms with Crippen LogP contribution in [0.25, 0.3) is 0 Å². The van der Waals surface area contributed by atoms with Gasteiger partial charge in [0.2, 0.25) is 10.0 Å². The Kier molecular flexibility index (Phi) is 4.69. The summed E-state index contributed by atoms with van der Waals surface area (Å²) in [6.07, 6.45) is 1.31. The second kappa shape index (κ2) is 5.86. The lowest BCUT2D eigenvalue weighted by Crippen LogP contribution is -2.32. The first-order valence-electron chi connectivity index (χ1n) is 5.64. The Morgan fingerprint density at radius 3 is 2.68 bits per heavy atom. The lowest BCUT2D eigenvalue weighted by atomic mass is 10.3. The highest BCUT2D eigenvalue weighted by Gasteiger charge is 2.22. The zero-order valence-corrected chi connectivity index (χ0v) is 11.4. The quantitative estimate of drug-likeness (QED) is 0.802. The number of carboxylic acid groups (broad SMARTS) is 1. The molecule has 0 bridgehead atoms. The molecule has 2 N–H and O–H groups in total. The summed E-state index contributed by atoms with van der Waals surface area (Å²) in [7, 11) is -3.81. The predicted octanol–water partition coefficient (Wildman–Crippen LogP) is 0.787. The third kappa shape index (κ3) is 3.56. The SMILES string of the molecule is CCn1cc(S(=O)(=O)NC(C)CC#N)cc1C(=O)O. The van der Waals surface area contributed by atoms with E-state index >= 15 is 0 Å².